The van der Waals surface area contributed by atoms with Crippen molar-refractivity contribution in [2.75, 3.05) is 5.75 Å². The van der Waals surface area contributed by atoms with Crippen LogP contribution in [0.5, 0.6) is 0 Å². The van der Waals surface area contributed by atoms with Crippen LogP contribution in [0.1, 0.15) is 25.7 Å². The summed E-state index contributed by atoms with van der Waals surface area (Å²) in [5.74, 6) is 2.11. The molecule has 0 unspecified atom stereocenters. The second-order valence-corrected chi connectivity index (χ2v) is 5.19. The maximum absolute atomic E-state index is 5.82. The van der Waals surface area contributed by atoms with Gasteiger partial charge in [0.2, 0.25) is 0 Å². The summed E-state index contributed by atoms with van der Waals surface area (Å²) in [5.41, 5.74) is 0. The summed E-state index contributed by atoms with van der Waals surface area (Å²) in [6.45, 7) is 0. The van der Waals surface area contributed by atoms with E-state index in [-0.39, 0.29) is 0 Å². The summed E-state index contributed by atoms with van der Waals surface area (Å²) in [4.78, 5) is 4.26. The van der Waals surface area contributed by atoms with Gasteiger partial charge in [0, 0.05) is 5.75 Å². The summed E-state index contributed by atoms with van der Waals surface area (Å²) in [5, 5.41) is 1.66. The molecule has 0 radical (unpaired) electrons. The minimum absolute atomic E-state index is 0.599. The van der Waals surface area contributed by atoms with Gasteiger partial charge in [-0.1, -0.05) is 30.5 Å². The van der Waals surface area contributed by atoms with Crippen LogP contribution in [0, 0.1) is 5.92 Å². The fourth-order valence-corrected chi connectivity index (χ4v) is 3.14. The fourth-order valence-electron chi connectivity index (χ4n) is 1.85. The molecule has 0 N–H and O–H groups in total. The van der Waals surface area contributed by atoms with Crippen molar-refractivity contribution in [1.29, 1.82) is 0 Å². The Bertz CT molecular complexity index is 297. The van der Waals surface area contributed by atoms with Gasteiger partial charge in [-0.25, -0.2) is 4.98 Å². The Kier molecular flexibility index (Phi) is 3.71. The molecule has 2 rings (SSSR count). The quantitative estimate of drug-likeness (QED) is 0.572. The zero-order valence-electron chi connectivity index (χ0n) is 8.08. The molecule has 0 bridgehead atoms. The van der Waals surface area contributed by atoms with Crippen LogP contribution >= 0.6 is 23.4 Å². The van der Waals surface area contributed by atoms with Crippen molar-refractivity contribution in [1.82, 2.24) is 4.98 Å². The highest BCUT2D eigenvalue weighted by Gasteiger charge is 2.15. The average Bonchev–Trinajstić information content (AvgIpc) is 2.67. The van der Waals surface area contributed by atoms with E-state index in [0.717, 1.165) is 10.9 Å². The van der Waals surface area contributed by atoms with Crippen LogP contribution < -0.4 is 0 Å². The van der Waals surface area contributed by atoms with Gasteiger partial charge < -0.3 is 0 Å². The van der Waals surface area contributed by atoms with Crippen LogP contribution in [0.4, 0.5) is 0 Å². The maximum atomic E-state index is 5.82. The molecule has 0 atom stereocenters. The van der Waals surface area contributed by atoms with Crippen LogP contribution in [0.15, 0.2) is 23.2 Å². The summed E-state index contributed by atoms with van der Waals surface area (Å²) >= 11 is 7.65. The predicted octanol–water partition coefficient (Wildman–Crippen LogP) is 4.02. The molecule has 0 amide bonds. The molecule has 1 fully saturated rings. The molecule has 1 aromatic heterocycles. The molecule has 0 aromatic carbocycles. The second kappa shape index (κ2) is 5.04. The monoisotopic (exact) mass is 227 g/mol. The van der Waals surface area contributed by atoms with Gasteiger partial charge >= 0.3 is 0 Å². The molecule has 1 nitrogen and oxygen atoms in total. The third kappa shape index (κ3) is 2.89. The number of rotatable bonds is 3. The molecule has 0 spiro atoms. The molecule has 14 heavy (non-hydrogen) atoms. The van der Waals surface area contributed by atoms with Crippen molar-refractivity contribution in [3.63, 3.8) is 0 Å². The lowest BCUT2D eigenvalue weighted by molar-refractivity contribution is 0.623. The van der Waals surface area contributed by atoms with E-state index >= 15 is 0 Å². The van der Waals surface area contributed by atoms with Gasteiger partial charge in [-0.2, -0.15) is 0 Å². The first kappa shape index (κ1) is 10.3. The van der Waals surface area contributed by atoms with Gasteiger partial charge in [0.15, 0.2) is 0 Å². The summed E-state index contributed by atoms with van der Waals surface area (Å²) in [6, 6.07) is 5.82. The van der Waals surface area contributed by atoms with E-state index in [1.165, 1.54) is 31.4 Å². The zero-order chi connectivity index (χ0) is 9.80. The zero-order valence-corrected chi connectivity index (χ0v) is 9.65. The van der Waals surface area contributed by atoms with E-state index in [4.69, 9.17) is 11.6 Å². The lowest BCUT2D eigenvalue weighted by Crippen LogP contribution is -1.96. The molecule has 1 aliphatic carbocycles. The molecule has 1 saturated carbocycles. The Morgan fingerprint density at radius 2 is 2.14 bits per heavy atom. The summed E-state index contributed by atoms with van der Waals surface area (Å²) < 4.78 is 0. The molecule has 1 aliphatic rings. The Morgan fingerprint density at radius 1 is 1.36 bits per heavy atom. The molecule has 1 aromatic rings. The first-order valence-electron chi connectivity index (χ1n) is 5.10. The van der Waals surface area contributed by atoms with Crippen molar-refractivity contribution < 1.29 is 0 Å². The number of pyridine rings is 1. The lowest BCUT2D eigenvalue weighted by Gasteiger charge is -2.07. The molecule has 0 aliphatic heterocycles. The maximum Gasteiger partial charge on any atom is 0.130 e. The van der Waals surface area contributed by atoms with Gasteiger partial charge in [0.25, 0.3) is 0 Å². The Balaban J connectivity index is 1.85. The van der Waals surface area contributed by atoms with Crippen molar-refractivity contribution in [2.45, 2.75) is 30.7 Å². The minimum atomic E-state index is 0.599. The highest BCUT2D eigenvalue weighted by atomic mass is 35.5. The molecule has 76 valence electrons. The molecular formula is C11H14ClNS. The Morgan fingerprint density at radius 3 is 2.86 bits per heavy atom. The van der Waals surface area contributed by atoms with Gasteiger partial charge in [-0.15, -0.1) is 11.8 Å². The number of hydrogen-bond donors (Lipinski definition) is 0. The number of halogens is 1. The molecule has 3 heteroatoms. The van der Waals surface area contributed by atoms with Crippen LogP contribution in [-0.4, -0.2) is 10.7 Å². The fraction of sp³-hybridized carbons (Fsp3) is 0.545. The van der Waals surface area contributed by atoms with Crippen molar-refractivity contribution in [3.05, 3.63) is 23.4 Å². The number of aromatic nitrogens is 1. The average molecular weight is 228 g/mol. The summed E-state index contributed by atoms with van der Waals surface area (Å²) in [6.07, 6.45) is 5.61. The minimum Gasteiger partial charge on any atom is -0.230 e. The topological polar surface area (TPSA) is 12.9 Å². The number of hydrogen-bond acceptors (Lipinski definition) is 2. The second-order valence-electron chi connectivity index (χ2n) is 3.76. The van der Waals surface area contributed by atoms with Crippen molar-refractivity contribution in [2.24, 2.45) is 5.92 Å². The van der Waals surface area contributed by atoms with E-state index in [2.05, 4.69) is 4.98 Å². The number of nitrogens with zero attached hydrogens (tertiary/aromatic N) is 1. The standard InChI is InChI=1S/C11H14ClNS/c12-10-6-3-7-11(13-10)14-8-9-4-1-2-5-9/h3,6-7,9H,1-2,4-5,8H2. The van der Waals surface area contributed by atoms with Gasteiger partial charge in [-0.05, 0) is 30.9 Å². The van der Waals surface area contributed by atoms with E-state index in [1.807, 2.05) is 30.0 Å². The highest BCUT2D eigenvalue weighted by molar-refractivity contribution is 7.99. The molecule has 0 saturated heterocycles. The van der Waals surface area contributed by atoms with Gasteiger partial charge in [0.05, 0.1) is 5.03 Å². The first-order chi connectivity index (χ1) is 6.84. The van der Waals surface area contributed by atoms with E-state index < -0.39 is 0 Å². The van der Waals surface area contributed by atoms with Crippen LogP contribution in [0.25, 0.3) is 0 Å². The SMILES string of the molecule is Clc1cccc(SCC2CCCC2)n1. The molecular weight excluding hydrogens is 214 g/mol. The van der Waals surface area contributed by atoms with E-state index in [1.54, 1.807) is 0 Å². The highest BCUT2D eigenvalue weighted by Crippen LogP contribution is 2.30. The summed E-state index contributed by atoms with van der Waals surface area (Å²) in [7, 11) is 0. The molecule has 1 heterocycles. The normalized spacial score (nSPS) is 17.5. The van der Waals surface area contributed by atoms with Crippen LogP contribution in [-0.2, 0) is 0 Å². The van der Waals surface area contributed by atoms with Gasteiger partial charge in [0.1, 0.15) is 5.15 Å². The van der Waals surface area contributed by atoms with Crippen molar-refractivity contribution in [3.8, 4) is 0 Å². The third-order valence-electron chi connectivity index (χ3n) is 2.63. The number of thioether (sulfide) groups is 1. The third-order valence-corrected chi connectivity index (χ3v) is 4.00. The smallest absolute Gasteiger partial charge is 0.130 e. The first-order valence-corrected chi connectivity index (χ1v) is 6.46. The van der Waals surface area contributed by atoms with Crippen LogP contribution in [0.2, 0.25) is 5.15 Å². The Hall–Kier alpha value is -0.210. The van der Waals surface area contributed by atoms with Crippen LogP contribution in [0.3, 0.4) is 0 Å². The van der Waals surface area contributed by atoms with E-state index in [9.17, 15) is 0 Å². The Labute approximate surface area is 94.3 Å². The van der Waals surface area contributed by atoms with Crippen molar-refractivity contribution >= 4 is 23.4 Å². The predicted molar refractivity (Wildman–Crippen MR) is 61.9 cm³/mol. The lowest BCUT2D eigenvalue weighted by atomic mass is 10.1. The largest absolute Gasteiger partial charge is 0.230 e. The van der Waals surface area contributed by atoms with Gasteiger partial charge in [-0.3, -0.25) is 0 Å². The van der Waals surface area contributed by atoms with E-state index in [0.29, 0.717) is 5.15 Å².